The van der Waals surface area contributed by atoms with Gasteiger partial charge in [0.1, 0.15) is 5.76 Å². The molecule has 0 bridgehead atoms. The Hall–Kier alpha value is -1.37. The average molecular weight is 434 g/mol. The number of ether oxygens (including phenoxy) is 1. The van der Waals surface area contributed by atoms with Crippen molar-refractivity contribution in [3.63, 3.8) is 0 Å². The fraction of sp³-hybridized carbons (Fsp3) is 0.0909. The third kappa shape index (κ3) is 47.8. The second kappa shape index (κ2) is 69.8. The van der Waals surface area contributed by atoms with Gasteiger partial charge in [-0.1, -0.05) is 0 Å². The molecule has 7 nitrogen and oxygen atoms in total. The van der Waals surface area contributed by atoms with E-state index in [1.165, 1.54) is 7.11 Å². The predicted octanol–water partition coefficient (Wildman–Crippen LogP) is 1.12. The quantitative estimate of drug-likeness (QED) is 0.512. The minimum atomic E-state index is 0. The summed E-state index contributed by atoms with van der Waals surface area (Å²) in [5, 5.41) is 0. The molecule has 0 atom stereocenters. The summed E-state index contributed by atoms with van der Waals surface area (Å²) >= 11 is 0. The first-order chi connectivity index (χ1) is 8.93. The van der Waals surface area contributed by atoms with Crippen LogP contribution in [-0.2, 0) is 49.1 Å². The van der Waals surface area contributed by atoms with Crippen molar-refractivity contribution in [2.24, 2.45) is 0 Å². The fourth-order valence-electron chi connectivity index (χ4n) is 0.437. The average Bonchev–Trinajstić information content (AvgIpc) is 3.03. The van der Waals surface area contributed by atoms with E-state index in [1.807, 2.05) is 0 Å². The van der Waals surface area contributed by atoms with Gasteiger partial charge in [0.2, 0.25) is 6.61 Å². The van der Waals surface area contributed by atoms with Gasteiger partial charge in [0.15, 0.2) is 0 Å². The van der Waals surface area contributed by atoms with E-state index in [-0.39, 0.29) is 21.1 Å². The molecular formula is C11H6O7W. The molecular weight excluding hydrogens is 428 g/mol. The van der Waals surface area contributed by atoms with Crippen LogP contribution in [0.3, 0.4) is 0 Å². The standard InChI is InChI=1S/C6H6O2.5CO.W/c1-7-5-6-3-2-4-8-6;5*1-2;/h2-4H,1H3;;;;;;. The van der Waals surface area contributed by atoms with Crippen LogP contribution in [0.5, 0.6) is 0 Å². The molecule has 0 saturated carbocycles. The van der Waals surface area contributed by atoms with Crippen LogP contribution in [0.1, 0.15) is 5.76 Å². The molecule has 1 aromatic rings. The summed E-state index contributed by atoms with van der Waals surface area (Å²) in [5.41, 5.74) is 0. The smallest absolute Gasteiger partial charge is 0 e. The van der Waals surface area contributed by atoms with E-state index in [4.69, 9.17) is 27.7 Å². The molecule has 0 N–H and O–H groups in total. The number of hydrogen-bond acceptors (Lipinski definition) is 2. The summed E-state index contributed by atoms with van der Waals surface area (Å²) in [4.78, 5) is 0. The van der Waals surface area contributed by atoms with Crippen LogP contribution in [0.15, 0.2) is 22.8 Å². The first-order valence-corrected chi connectivity index (χ1v) is 3.28. The molecule has 0 saturated heterocycles. The Morgan fingerprint density at radius 3 is 1.53 bits per heavy atom. The molecule has 0 aliphatic heterocycles. The van der Waals surface area contributed by atoms with Gasteiger partial charge < -0.3 is 9.15 Å². The van der Waals surface area contributed by atoms with E-state index in [1.54, 1.807) is 18.4 Å². The number of methoxy groups -OCH3 is 1. The Morgan fingerprint density at radius 1 is 0.947 bits per heavy atom. The van der Waals surface area contributed by atoms with Gasteiger partial charge in [0.25, 0.3) is 0 Å². The minimum Gasteiger partial charge on any atom is 0 e. The zero-order valence-electron chi connectivity index (χ0n) is 9.50. The van der Waals surface area contributed by atoms with Crippen LogP contribution in [0.2, 0.25) is 0 Å². The van der Waals surface area contributed by atoms with Crippen LogP contribution in [0, 0.1) is 39.9 Å². The molecule has 2 radical (unpaired) electrons. The molecule has 1 heterocycles. The maximum Gasteiger partial charge on any atom is 0 e. The van der Waals surface area contributed by atoms with Gasteiger partial charge in [-0.15, -0.1) is 0 Å². The molecule has 0 aromatic carbocycles. The number of furan rings is 1. The summed E-state index contributed by atoms with van der Waals surface area (Å²) in [7, 11) is 1.53. The van der Waals surface area contributed by atoms with Crippen molar-refractivity contribution in [3.8, 4) is 0 Å². The monoisotopic (exact) mass is 434 g/mol. The van der Waals surface area contributed by atoms with Crippen molar-refractivity contribution >= 4 is 0 Å². The molecule has 0 amide bonds. The number of rotatable bonds is 2. The largest absolute Gasteiger partial charge is 0 e. The second-order valence-corrected chi connectivity index (χ2v) is 1.28. The van der Waals surface area contributed by atoms with Crippen LogP contribution in [0.25, 0.3) is 0 Å². The SMILES string of the molecule is CO[C]c1ccco1.[C-]#[O+].[C-]#[O+].[C-]#[O+].[C-]#[O+].[C-]#[O+].[W]. The minimum absolute atomic E-state index is 0. The van der Waals surface area contributed by atoms with Gasteiger partial charge >= 0.3 is 56.5 Å². The first kappa shape index (κ1) is 36.0. The maximum absolute atomic E-state index is 7.50. The van der Waals surface area contributed by atoms with Crippen molar-refractivity contribution in [1.82, 2.24) is 0 Å². The van der Waals surface area contributed by atoms with E-state index in [2.05, 4.69) is 44.6 Å². The topological polar surface area (TPSA) is 122 Å². The Morgan fingerprint density at radius 2 is 1.32 bits per heavy atom. The molecule has 8 heteroatoms. The molecule has 0 spiro atoms. The van der Waals surface area contributed by atoms with Crippen molar-refractivity contribution in [3.05, 3.63) is 64.0 Å². The van der Waals surface area contributed by atoms with E-state index in [9.17, 15) is 0 Å². The van der Waals surface area contributed by atoms with Gasteiger partial charge in [-0.2, -0.15) is 0 Å². The fourth-order valence-corrected chi connectivity index (χ4v) is 0.437. The molecule has 98 valence electrons. The van der Waals surface area contributed by atoms with Gasteiger partial charge in [0.05, 0.1) is 6.26 Å². The molecule has 1 rings (SSSR count). The third-order valence-corrected chi connectivity index (χ3v) is 0.724. The van der Waals surface area contributed by atoms with E-state index in [0.29, 0.717) is 5.76 Å². The summed E-state index contributed by atoms with van der Waals surface area (Å²) in [6.45, 7) is 25.0. The van der Waals surface area contributed by atoms with Gasteiger partial charge in [-0.3, -0.25) is 0 Å². The normalized spacial score (nSPS) is 4.58. The summed E-state index contributed by atoms with van der Waals surface area (Å²) in [6, 6.07) is 3.55. The van der Waals surface area contributed by atoms with Crippen LogP contribution in [-0.4, -0.2) is 7.11 Å². The van der Waals surface area contributed by atoms with Crippen molar-refractivity contribution in [1.29, 1.82) is 0 Å². The molecule has 0 aliphatic carbocycles. The first-order valence-electron chi connectivity index (χ1n) is 3.28. The van der Waals surface area contributed by atoms with Crippen molar-refractivity contribution in [2.45, 2.75) is 0 Å². The molecule has 19 heavy (non-hydrogen) atoms. The van der Waals surface area contributed by atoms with Gasteiger partial charge in [-0.25, -0.2) is 0 Å². The Kier molecular flexibility index (Phi) is 132. The van der Waals surface area contributed by atoms with Gasteiger partial charge in [-0.05, 0) is 12.1 Å². The number of hydrogen-bond donors (Lipinski definition) is 0. The zero-order chi connectivity index (χ0) is 15.8. The predicted molar refractivity (Wildman–Crippen MR) is 47.7 cm³/mol. The van der Waals surface area contributed by atoms with Crippen molar-refractivity contribution < 1.29 is 53.5 Å². The molecule has 0 aliphatic rings. The van der Waals surface area contributed by atoms with Crippen molar-refractivity contribution in [2.75, 3.05) is 7.11 Å². The summed E-state index contributed by atoms with van der Waals surface area (Å²) in [5.74, 6) is 0.618. The molecule has 1 aromatic heterocycles. The second-order valence-electron chi connectivity index (χ2n) is 1.28. The van der Waals surface area contributed by atoms with Crippen LogP contribution in [0.4, 0.5) is 0 Å². The van der Waals surface area contributed by atoms with E-state index < -0.39 is 0 Å². The zero-order valence-corrected chi connectivity index (χ0v) is 12.4. The third-order valence-electron chi connectivity index (χ3n) is 0.724. The van der Waals surface area contributed by atoms with E-state index >= 15 is 0 Å². The Balaban J connectivity index is -0.0000000332. The van der Waals surface area contributed by atoms with E-state index in [0.717, 1.165) is 0 Å². The summed E-state index contributed by atoms with van der Waals surface area (Å²) < 4.78 is 46.9. The Bertz CT molecular complexity index is 273. The van der Waals surface area contributed by atoms with Crippen LogP contribution < -0.4 is 0 Å². The molecule has 0 fully saturated rings. The summed E-state index contributed by atoms with van der Waals surface area (Å²) in [6.07, 6.45) is 1.57. The molecule has 0 unspecified atom stereocenters. The van der Waals surface area contributed by atoms with Crippen LogP contribution >= 0.6 is 0 Å². The Labute approximate surface area is 125 Å². The van der Waals surface area contributed by atoms with Gasteiger partial charge in [0, 0.05) is 28.2 Å². The maximum atomic E-state index is 7.50.